The number of ether oxygens (including phenoxy) is 1. The zero-order valence-electron chi connectivity index (χ0n) is 16.4. The van der Waals surface area contributed by atoms with Crippen molar-refractivity contribution in [3.8, 4) is 5.88 Å². The first-order valence-electron chi connectivity index (χ1n) is 9.32. The molecule has 2 aromatic heterocycles. The maximum Gasteiger partial charge on any atom is 0.291 e. The van der Waals surface area contributed by atoms with Gasteiger partial charge in [0.1, 0.15) is 5.02 Å². The Kier molecular flexibility index (Phi) is 6.78. The predicted molar refractivity (Wildman–Crippen MR) is 125 cm³/mol. The number of halogens is 4. The molecule has 0 aliphatic carbocycles. The number of fused-ring (bicyclic) bond motifs is 1. The van der Waals surface area contributed by atoms with Crippen molar-refractivity contribution in [3.63, 3.8) is 0 Å². The molecular formula is C19H18ClF2IN5O2P. The normalized spacial score (nSPS) is 13.9. The molecule has 3 aromatic rings. The topological polar surface area (TPSA) is 65.2 Å². The molecule has 4 rings (SSSR count). The molecule has 0 saturated heterocycles. The highest BCUT2D eigenvalue weighted by atomic mass is 127. The van der Waals surface area contributed by atoms with Gasteiger partial charge in [0.2, 0.25) is 5.88 Å². The first-order valence-corrected chi connectivity index (χ1v) is 13.8. The average Bonchev–Trinajstić information content (AvgIpc) is 3.12. The van der Waals surface area contributed by atoms with Crippen LogP contribution in [0.3, 0.4) is 0 Å². The van der Waals surface area contributed by atoms with Crippen molar-refractivity contribution in [3.05, 3.63) is 68.2 Å². The summed E-state index contributed by atoms with van der Waals surface area (Å²) in [7, 11) is 1.52. The van der Waals surface area contributed by atoms with Crippen LogP contribution < -0.4 is 15.2 Å². The van der Waals surface area contributed by atoms with E-state index in [0.717, 1.165) is 11.3 Å². The Morgan fingerprint density at radius 2 is 2.13 bits per heavy atom. The lowest BCUT2D eigenvalue weighted by atomic mass is 10.1. The molecule has 0 fully saturated rings. The molecule has 0 radical (unpaired) electrons. The molecule has 0 amide bonds. The van der Waals surface area contributed by atoms with E-state index < -0.39 is 6.43 Å². The van der Waals surface area contributed by atoms with Gasteiger partial charge in [-0.25, -0.2) is 13.2 Å². The lowest BCUT2D eigenvalue weighted by Gasteiger charge is -2.29. The standard InChI is InChI=1S/C19H18ClF2IN5O2P/c1-30-18-13-10-26(15-8-24-28(31-23)19(29)16(15)20)7-6-14(13)27(25-18)9-11-4-2-3-5-12(11)17(21)22/h2-5,8,17,31H,6-7,9-10H2,1H3. The van der Waals surface area contributed by atoms with E-state index in [9.17, 15) is 13.6 Å². The summed E-state index contributed by atoms with van der Waals surface area (Å²) >= 11 is 8.40. The van der Waals surface area contributed by atoms with Crippen LogP contribution >= 0.6 is 40.0 Å². The third kappa shape index (κ3) is 4.29. The molecule has 0 saturated carbocycles. The molecule has 1 atom stereocenters. The SMILES string of the molecule is COc1nn(Cc2ccccc2C(F)F)c2c1CN(c1cnn(PI)c(=O)c1Cl)CC2. The first-order chi connectivity index (χ1) is 14.9. The summed E-state index contributed by atoms with van der Waals surface area (Å²) in [6, 6.07) is 6.46. The Balaban J connectivity index is 1.67. The Labute approximate surface area is 196 Å². The number of rotatable bonds is 6. The van der Waals surface area contributed by atoms with E-state index in [0.29, 0.717) is 36.6 Å². The average molecular weight is 580 g/mol. The van der Waals surface area contributed by atoms with Crippen molar-refractivity contribution in [2.45, 2.75) is 25.9 Å². The highest BCUT2D eigenvalue weighted by Gasteiger charge is 2.28. The Morgan fingerprint density at radius 3 is 2.84 bits per heavy atom. The molecule has 1 aliphatic heterocycles. The minimum Gasteiger partial charge on any atom is -0.480 e. The van der Waals surface area contributed by atoms with E-state index in [1.165, 1.54) is 17.6 Å². The highest BCUT2D eigenvalue weighted by Crippen LogP contribution is 2.34. The lowest BCUT2D eigenvalue weighted by molar-refractivity contribution is 0.150. The molecule has 31 heavy (non-hydrogen) atoms. The van der Waals surface area contributed by atoms with E-state index in [4.69, 9.17) is 16.3 Å². The van der Waals surface area contributed by atoms with Crippen LogP contribution in [0, 0.1) is 0 Å². The van der Waals surface area contributed by atoms with Gasteiger partial charge in [-0.1, -0.05) is 35.9 Å². The van der Waals surface area contributed by atoms with Crippen molar-refractivity contribution in [2.24, 2.45) is 0 Å². The maximum absolute atomic E-state index is 13.4. The van der Waals surface area contributed by atoms with Crippen LogP contribution in [0.5, 0.6) is 5.88 Å². The second-order valence-corrected chi connectivity index (χ2v) is 9.33. The van der Waals surface area contributed by atoms with Crippen LogP contribution in [0.1, 0.15) is 28.8 Å². The van der Waals surface area contributed by atoms with Gasteiger partial charge in [-0.2, -0.15) is 5.10 Å². The summed E-state index contributed by atoms with van der Waals surface area (Å²) < 4.78 is 35.3. The fourth-order valence-corrected chi connectivity index (χ4v) is 5.36. The van der Waals surface area contributed by atoms with Gasteiger partial charge in [0.05, 0.1) is 44.0 Å². The lowest BCUT2D eigenvalue weighted by Crippen LogP contribution is -2.33. The van der Waals surface area contributed by atoms with Gasteiger partial charge >= 0.3 is 0 Å². The van der Waals surface area contributed by atoms with Gasteiger partial charge in [-0.3, -0.25) is 9.48 Å². The third-order valence-corrected chi connectivity index (χ3v) is 7.43. The molecule has 7 nitrogen and oxygen atoms in total. The fraction of sp³-hybridized carbons (Fsp3) is 0.316. The highest BCUT2D eigenvalue weighted by molar-refractivity contribution is 14.2. The summed E-state index contributed by atoms with van der Waals surface area (Å²) in [5.74, 6) is 0.431. The minimum absolute atomic E-state index is 0.00227. The Bertz CT molecular complexity index is 1170. The van der Waals surface area contributed by atoms with Crippen LogP contribution in [0.2, 0.25) is 5.02 Å². The van der Waals surface area contributed by atoms with Crippen LogP contribution in [0.25, 0.3) is 0 Å². The smallest absolute Gasteiger partial charge is 0.291 e. The third-order valence-electron chi connectivity index (χ3n) is 5.22. The molecule has 164 valence electrons. The zero-order valence-corrected chi connectivity index (χ0v) is 20.3. The monoisotopic (exact) mass is 579 g/mol. The van der Waals surface area contributed by atoms with Crippen LogP contribution in [0.4, 0.5) is 14.5 Å². The Hall–Kier alpha value is -1.78. The van der Waals surface area contributed by atoms with Crippen molar-refractivity contribution in [1.29, 1.82) is 0 Å². The van der Waals surface area contributed by atoms with Gasteiger partial charge in [0.15, 0.2) is 0 Å². The van der Waals surface area contributed by atoms with Crippen LogP contribution in [-0.2, 0) is 19.5 Å². The van der Waals surface area contributed by atoms with Gasteiger partial charge in [-0.05, 0) is 27.6 Å². The van der Waals surface area contributed by atoms with Crippen LogP contribution in [0.15, 0.2) is 35.3 Å². The number of anilines is 1. The van der Waals surface area contributed by atoms with E-state index >= 15 is 0 Å². The zero-order chi connectivity index (χ0) is 22.1. The molecule has 0 bridgehead atoms. The van der Waals surface area contributed by atoms with Crippen molar-refractivity contribution >= 4 is 45.7 Å². The number of nitrogens with zero attached hydrogens (tertiary/aromatic N) is 5. The molecule has 1 aliphatic rings. The number of hydrogen-bond donors (Lipinski definition) is 0. The quantitative estimate of drug-likeness (QED) is 0.319. The van der Waals surface area contributed by atoms with Gasteiger partial charge in [-0.15, -0.1) is 5.10 Å². The molecule has 3 heterocycles. The second-order valence-electron chi connectivity index (χ2n) is 6.91. The van der Waals surface area contributed by atoms with Crippen molar-refractivity contribution in [2.75, 3.05) is 18.6 Å². The van der Waals surface area contributed by atoms with E-state index in [1.54, 1.807) is 29.1 Å². The maximum atomic E-state index is 13.4. The predicted octanol–water partition coefficient (Wildman–Crippen LogP) is 4.44. The fourth-order valence-electron chi connectivity index (χ4n) is 3.72. The van der Waals surface area contributed by atoms with Gasteiger partial charge < -0.3 is 9.64 Å². The number of benzene rings is 1. The van der Waals surface area contributed by atoms with E-state index in [1.807, 2.05) is 4.90 Å². The number of hydrogen-bond acceptors (Lipinski definition) is 5. The number of aromatic nitrogens is 4. The second kappa shape index (κ2) is 9.38. The van der Waals surface area contributed by atoms with Gasteiger partial charge in [0, 0.05) is 24.2 Å². The molecule has 12 heteroatoms. The molecule has 1 aromatic carbocycles. The first kappa shape index (κ1) is 22.4. The van der Waals surface area contributed by atoms with E-state index in [-0.39, 0.29) is 29.1 Å². The summed E-state index contributed by atoms with van der Waals surface area (Å²) in [5.41, 5.74) is 2.51. The largest absolute Gasteiger partial charge is 0.480 e. The molecular weight excluding hydrogens is 562 g/mol. The molecule has 0 spiro atoms. The number of methoxy groups -OCH3 is 1. The summed E-state index contributed by atoms with van der Waals surface area (Å²) in [5, 5.41) is 8.81. The summed E-state index contributed by atoms with van der Waals surface area (Å²) in [6.07, 6.45) is -0.210. The Morgan fingerprint density at radius 1 is 1.35 bits per heavy atom. The summed E-state index contributed by atoms with van der Waals surface area (Å²) in [6.45, 7) is 1.23. The molecule has 0 N–H and O–H groups in total. The van der Waals surface area contributed by atoms with Crippen LogP contribution in [-0.4, -0.2) is 33.0 Å². The molecule has 1 unspecified atom stereocenters. The minimum atomic E-state index is -2.56. The number of alkyl halides is 2. The summed E-state index contributed by atoms with van der Waals surface area (Å²) in [4.78, 5) is 14.3. The van der Waals surface area contributed by atoms with Crippen molar-refractivity contribution in [1.82, 2.24) is 19.3 Å². The van der Waals surface area contributed by atoms with Crippen molar-refractivity contribution < 1.29 is 13.5 Å². The van der Waals surface area contributed by atoms with E-state index in [2.05, 4.69) is 32.2 Å². The van der Waals surface area contributed by atoms with Gasteiger partial charge in [0.25, 0.3) is 12.0 Å².